The van der Waals surface area contributed by atoms with Crippen LogP contribution in [-0.4, -0.2) is 23.2 Å². The molecule has 4 nitrogen and oxygen atoms in total. The summed E-state index contributed by atoms with van der Waals surface area (Å²) < 4.78 is 33.1. The third-order valence-corrected chi connectivity index (χ3v) is 2.16. The Morgan fingerprint density at radius 3 is 3.31 bits per heavy atom. The Morgan fingerprint density at radius 1 is 1.77 bits per heavy atom. The Kier molecular flexibility index (Phi) is 1.53. The van der Waals surface area contributed by atoms with Crippen molar-refractivity contribution in [1.82, 2.24) is 15.5 Å². The fraction of sp³-hybridized carbons (Fsp3) is 0.750. The number of hydrogen-bond acceptors (Lipinski definition) is 4. The third-order valence-electron chi connectivity index (χ3n) is 2.16. The quantitative estimate of drug-likeness (QED) is 0.710. The zero-order valence-corrected chi connectivity index (χ0v) is 7.09. The molecule has 0 aliphatic carbocycles. The summed E-state index contributed by atoms with van der Waals surface area (Å²) in [5.41, 5.74) is -1.64. The average Bonchev–Trinajstić information content (AvgIpc) is 2.68. The van der Waals surface area contributed by atoms with Crippen LogP contribution in [0.5, 0.6) is 0 Å². The van der Waals surface area contributed by atoms with Gasteiger partial charge in [-0.2, -0.15) is 4.98 Å². The van der Waals surface area contributed by atoms with Gasteiger partial charge in [0.1, 0.15) is 0 Å². The molecule has 0 bridgehead atoms. The number of nitrogens with one attached hydrogen (secondary N) is 1. The van der Waals surface area contributed by atoms with E-state index in [0.717, 1.165) is 6.54 Å². The molecule has 0 amide bonds. The highest BCUT2D eigenvalue weighted by atomic mass is 19.1. The summed E-state index contributed by atoms with van der Waals surface area (Å²) >= 11 is 0. The topological polar surface area (TPSA) is 51.0 Å². The zero-order valence-electron chi connectivity index (χ0n) is 9.09. The number of hydrogen-bond donors (Lipinski definition) is 1. The highest BCUT2D eigenvalue weighted by Gasteiger charge is 2.39. The van der Waals surface area contributed by atoms with Crippen molar-refractivity contribution in [3.05, 3.63) is 11.7 Å². The molecule has 1 saturated heterocycles. The summed E-state index contributed by atoms with van der Waals surface area (Å²) in [6.45, 7) is -0.399. The van der Waals surface area contributed by atoms with E-state index in [1.807, 2.05) is 0 Å². The maximum Gasteiger partial charge on any atom is 0.265 e. The van der Waals surface area contributed by atoms with Gasteiger partial charge in [0.15, 0.2) is 5.82 Å². The summed E-state index contributed by atoms with van der Waals surface area (Å²) in [5, 5.41) is 6.32. The first-order valence-corrected chi connectivity index (χ1v) is 4.20. The Morgan fingerprint density at radius 2 is 2.69 bits per heavy atom. The molecule has 2 rings (SSSR count). The lowest BCUT2D eigenvalue weighted by atomic mass is 9.96. The molecule has 72 valence electrons. The van der Waals surface area contributed by atoms with E-state index in [-0.39, 0.29) is 18.3 Å². The molecular formula is C8H12FN3O. The van der Waals surface area contributed by atoms with E-state index in [0.29, 0.717) is 12.8 Å². The Labute approximate surface area is 78.3 Å². The van der Waals surface area contributed by atoms with Gasteiger partial charge in [-0.05, 0) is 26.3 Å². The fourth-order valence-electron chi connectivity index (χ4n) is 1.47. The van der Waals surface area contributed by atoms with E-state index in [2.05, 4.69) is 15.5 Å². The van der Waals surface area contributed by atoms with Crippen molar-refractivity contribution in [2.24, 2.45) is 0 Å². The van der Waals surface area contributed by atoms with Crippen LogP contribution < -0.4 is 5.32 Å². The maximum atomic E-state index is 14.2. The summed E-state index contributed by atoms with van der Waals surface area (Å²) in [6, 6.07) is 0. The van der Waals surface area contributed by atoms with E-state index in [1.165, 1.54) is 0 Å². The van der Waals surface area contributed by atoms with Crippen molar-refractivity contribution in [2.45, 2.75) is 25.4 Å². The minimum absolute atomic E-state index is 0.0902. The molecule has 2 heterocycles. The molecule has 0 spiro atoms. The molecule has 5 heteroatoms. The monoisotopic (exact) mass is 187 g/mol. The van der Waals surface area contributed by atoms with Crippen molar-refractivity contribution in [2.75, 3.05) is 13.1 Å². The number of nitrogens with zero attached hydrogens (tertiary/aromatic N) is 2. The Hall–Kier alpha value is -0.970. The smallest absolute Gasteiger partial charge is 0.265 e. The molecule has 1 atom stereocenters. The molecular weight excluding hydrogens is 173 g/mol. The van der Waals surface area contributed by atoms with Crippen molar-refractivity contribution in [3.63, 3.8) is 0 Å². The van der Waals surface area contributed by atoms with E-state index in [1.54, 1.807) is 0 Å². The molecule has 1 aromatic rings. The molecule has 0 unspecified atom stereocenters. The van der Waals surface area contributed by atoms with E-state index >= 15 is 0 Å². The minimum atomic E-state index is -1.64. The van der Waals surface area contributed by atoms with Crippen molar-refractivity contribution < 1.29 is 11.7 Å². The van der Waals surface area contributed by atoms with Crippen LogP contribution in [0.3, 0.4) is 0 Å². The van der Waals surface area contributed by atoms with Gasteiger partial charge in [-0.15, -0.1) is 0 Å². The summed E-state index contributed by atoms with van der Waals surface area (Å²) in [7, 11) is 0. The lowest BCUT2D eigenvalue weighted by Crippen LogP contribution is -2.40. The highest BCUT2D eigenvalue weighted by Crippen LogP contribution is 2.31. The van der Waals surface area contributed by atoms with Crippen molar-refractivity contribution in [3.8, 4) is 0 Å². The first-order chi connectivity index (χ1) is 7.12. The summed E-state index contributed by atoms with van der Waals surface area (Å²) in [4.78, 5) is 3.74. The molecule has 1 aromatic heterocycles. The standard InChI is InChI=1S/C8H12FN3O/c1-6-11-7(13-12-6)8(9)3-2-4-10-5-8/h10H,2-5H2,1H3/t8-/m0/s1/i1D2. The number of alkyl halides is 1. The maximum absolute atomic E-state index is 14.2. The molecule has 0 aromatic carbocycles. The molecule has 1 fully saturated rings. The van der Waals surface area contributed by atoms with E-state index in [4.69, 9.17) is 7.26 Å². The van der Waals surface area contributed by atoms with Gasteiger partial charge in [-0.25, -0.2) is 4.39 Å². The van der Waals surface area contributed by atoms with Crippen molar-refractivity contribution >= 4 is 0 Å². The van der Waals surface area contributed by atoms with Crippen LogP contribution in [0.1, 0.15) is 27.3 Å². The van der Waals surface area contributed by atoms with Gasteiger partial charge in [0.05, 0.1) is 0 Å². The van der Waals surface area contributed by atoms with Crippen LogP contribution >= 0.6 is 0 Å². The van der Waals surface area contributed by atoms with Gasteiger partial charge in [-0.1, -0.05) is 5.16 Å². The van der Waals surface area contributed by atoms with Gasteiger partial charge in [0.2, 0.25) is 5.67 Å². The predicted octanol–water partition coefficient (Wildman–Crippen LogP) is 0.926. The summed E-state index contributed by atoms with van der Waals surface area (Å²) in [5.74, 6) is -0.207. The van der Waals surface area contributed by atoms with Crippen LogP contribution in [-0.2, 0) is 5.67 Å². The van der Waals surface area contributed by atoms with Crippen LogP contribution in [0.4, 0.5) is 4.39 Å². The molecule has 13 heavy (non-hydrogen) atoms. The van der Waals surface area contributed by atoms with Crippen molar-refractivity contribution in [1.29, 1.82) is 0 Å². The number of halogens is 1. The van der Waals surface area contributed by atoms with E-state index in [9.17, 15) is 4.39 Å². The van der Waals surface area contributed by atoms with Gasteiger partial charge < -0.3 is 9.84 Å². The lowest BCUT2D eigenvalue weighted by Gasteiger charge is -2.26. The first kappa shape index (κ1) is 6.48. The minimum Gasteiger partial charge on any atom is -0.336 e. The molecule has 1 aliphatic heterocycles. The number of aromatic nitrogens is 2. The lowest BCUT2D eigenvalue weighted by molar-refractivity contribution is 0.0785. The predicted molar refractivity (Wildman–Crippen MR) is 43.9 cm³/mol. The van der Waals surface area contributed by atoms with Crippen LogP contribution in [0.2, 0.25) is 0 Å². The largest absolute Gasteiger partial charge is 0.336 e. The normalized spacial score (nSPS) is 31.5. The second-order valence-corrected chi connectivity index (χ2v) is 3.20. The Bertz CT molecular complexity index is 338. The SMILES string of the molecule is [2H]C([2H])c1noc([C@]2(F)CCCNC2)n1. The molecule has 1 aliphatic rings. The molecule has 0 saturated carbocycles. The van der Waals surface area contributed by atoms with Gasteiger partial charge in [0.25, 0.3) is 5.89 Å². The molecule has 0 radical (unpaired) electrons. The average molecular weight is 187 g/mol. The van der Waals surface area contributed by atoms with Crippen LogP contribution in [0, 0.1) is 6.88 Å². The second-order valence-electron chi connectivity index (χ2n) is 3.20. The van der Waals surface area contributed by atoms with Crippen LogP contribution in [0.15, 0.2) is 4.52 Å². The zero-order chi connectivity index (χ0) is 10.9. The summed E-state index contributed by atoms with van der Waals surface area (Å²) in [6.07, 6.45) is 1.04. The first-order valence-electron chi connectivity index (χ1n) is 5.35. The number of aryl methyl sites for hydroxylation is 1. The van der Waals surface area contributed by atoms with E-state index < -0.39 is 12.5 Å². The fourth-order valence-corrected chi connectivity index (χ4v) is 1.47. The van der Waals surface area contributed by atoms with Gasteiger partial charge in [0, 0.05) is 9.29 Å². The van der Waals surface area contributed by atoms with Gasteiger partial charge in [-0.3, -0.25) is 0 Å². The second kappa shape index (κ2) is 3.06. The number of piperidine rings is 1. The van der Waals surface area contributed by atoms with Crippen LogP contribution in [0.25, 0.3) is 0 Å². The molecule has 1 N–H and O–H groups in total. The highest BCUT2D eigenvalue weighted by molar-refractivity contribution is 5.01. The van der Waals surface area contributed by atoms with Gasteiger partial charge >= 0.3 is 0 Å². The number of rotatable bonds is 1. The third kappa shape index (κ3) is 1.56. The Balaban J connectivity index is 2.20.